The van der Waals surface area contributed by atoms with Crippen LogP contribution in [0.3, 0.4) is 0 Å². The SMILES string of the molecule is CN1CCOCC1.N#Cc1c(C(F)(F)F)cc(O)nc1O. The topological polar surface area (TPSA) is 89.6 Å². The molecule has 2 rings (SSSR count). The van der Waals surface area contributed by atoms with Gasteiger partial charge in [-0.2, -0.15) is 23.4 Å². The largest absolute Gasteiger partial charge is 0.493 e. The van der Waals surface area contributed by atoms with Gasteiger partial charge < -0.3 is 19.8 Å². The fourth-order valence-corrected chi connectivity index (χ4v) is 1.51. The first-order valence-corrected chi connectivity index (χ1v) is 5.92. The average Bonchev–Trinajstić information content (AvgIpc) is 2.38. The van der Waals surface area contributed by atoms with Gasteiger partial charge in [0.15, 0.2) is 0 Å². The van der Waals surface area contributed by atoms with Gasteiger partial charge in [0.2, 0.25) is 11.8 Å². The van der Waals surface area contributed by atoms with E-state index in [9.17, 15) is 13.2 Å². The Morgan fingerprint density at radius 3 is 2.29 bits per heavy atom. The summed E-state index contributed by atoms with van der Waals surface area (Å²) >= 11 is 0. The number of ether oxygens (including phenoxy) is 1. The third kappa shape index (κ3) is 5.09. The van der Waals surface area contributed by atoms with E-state index in [1.165, 1.54) is 0 Å². The zero-order valence-electron chi connectivity index (χ0n) is 11.2. The second-order valence-corrected chi connectivity index (χ2v) is 4.25. The minimum Gasteiger partial charge on any atom is -0.493 e. The van der Waals surface area contributed by atoms with Crippen LogP contribution in [0.1, 0.15) is 11.1 Å². The molecule has 116 valence electrons. The van der Waals surface area contributed by atoms with Crippen LogP contribution in [0.15, 0.2) is 6.07 Å². The van der Waals surface area contributed by atoms with E-state index in [0.717, 1.165) is 32.4 Å². The van der Waals surface area contributed by atoms with E-state index in [4.69, 9.17) is 20.2 Å². The zero-order chi connectivity index (χ0) is 16.0. The van der Waals surface area contributed by atoms with Crippen molar-refractivity contribution in [2.45, 2.75) is 6.18 Å². The lowest BCUT2D eigenvalue weighted by Gasteiger charge is -2.21. The summed E-state index contributed by atoms with van der Waals surface area (Å²) in [6.07, 6.45) is -4.82. The van der Waals surface area contributed by atoms with Crippen molar-refractivity contribution in [3.05, 3.63) is 17.2 Å². The van der Waals surface area contributed by atoms with Gasteiger partial charge in [0.05, 0.1) is 18.8 Å². The minimum atomic E-state index is -4.82. The lowest BCUT2D eigenvalue weighted by Crippen LogP contribution is -2.32. The fourth-order valence-electron chi connectivity index (χ4n) is 1.51. The maximum Gasteiger partial charge on any atom is 0.418 e. The van der Waals surface area contributed by atoms with Crippen molar-refractivity contribution in [2.75, 3.05) is 33.4 Å². The molecule has 1 aromatic heterocycles. The molecule has 0 amide bonds. The number of aromatic nitrogens is 1. The molecule has 6 nitrogen and oxygen atoms in total. The molecule has 0 spiro atoms. The van der Waals surface area contributed by atoms with Gasteiger partial charge in [0.25, 0.3) is 0 Å². The van der Waals surface area contributed by atoms with E-state index in [-0.39, 0.29) is 6.07 Å². The quantitative estimate of drug-likeness (QED) is 0.751. The molecule has 1 aromatic rings. The Labute approximate surface area is 119 Å². The summed E-state index contributed by atoms with van der Waals surface area (Å²) in [5.74, 6) is -2.13. The molecule has 0 radical (unpaired) electrons. The highest BCUT2D eigenvalue weighted by atomic mass is 19.4. The molecule has 1 saturated heterocycles. The number of halogens is 3. The Hall–Kier alpha value is -2.05. The van der Waals surface area contributed by atoms with Crippen molar-refractivity contribution in [3.8, 4) is 17.8 Å². The molecule has 21 heavy (non-hydrogen) atoms. The molecule has 2 heterocycles. The summed E-state index contributed by atoms with van der Waals surface area (Å²) in [5.41, 5.74) is -2.42. The van der Waals surface area contributed by atoms with Gasteiger partial charge in [-0.05, 0) is 7.05 Å². The number of hydrogen-bond donors (Lipinski definition) is 2. The third-order valence-corrected chi connectivity index (χ3v) is 2.64. The number of nitrogens with zero attached hydrogens (tertiary/aromatic N) is 3. The monoisotopic (exact) mass is 305 g/mol. The third-order valence-electron chi connectivity index (χ3n) is 2.64. The maximum atomic E-state index is 12.2. The molecule has 0 saturated carbocycles. The number of nitriles is 1. The minimum absolute atomic E-state index is 0.276. The van der Waals surface area contributed by atoms with Crippen LogP contribution in [-0.4, -0.2) is 53.4 Å². The highest BCUT2D eigenvalue weighted by Crippen LogP contribution is 2.36. The van der Waals surface area contributed by atoms with Crippen molar-refractivity contribution in [3.63, 3.8) is 0 Å². The predicted molar refractivity (Wildman–Crippen MR) is 65.6 cm³/mol. The van der Waals surface area contributed by atoms with E-state index < -0.39 is 29.1 Å². The van der Waals surface area contributed by atoms with Crippen LogP contribution >= 0.6 is 0 Å². The van der Waals surface area contributed by atoms with Crippen LogP contribution < -0.4 is 0 Å². The Morgan fingerprint density at radius 1 is 1.33 bits per heavy atom. The Bertz CT molecular complexity index is 523. The van der Waals surface area contributed by atoms with Gasteiger partial charge in [-0.15, -0.1) is 0 Å². The van der Waals surface area contributed by atoms with Crippen molar-refractivity contribution >= 4 is 0 Å². The van der Waals surface area contributed by atoms with E-state index in [1.54, 1.807) is 0 Å². The smallest absolute Gasteiger partial charge is 0.418 e. The predicted octanol–water partition coefficient (Wildman–Crippen LogP) is 1.33. The molecule has 1 aliphatic heterocycles. The molecule has 9 heteroatoms. The van der Waals surface area contributed by atoms with Gasteiger partial charge in [0, 0.05) is 19.2 Å². The Kier molecular flexibility index (Phi) is 5.75. The van der Waals surface area contributed by atoms with Gasteiger partial charge in [-0.25, -0.2) is 0 Å². The lowest BCUT2D eigenvalue weighted by atomic mass is 10.1. The molecule has 0 aromatic carbocycles. The first kappa shape index (κ1) is 17.0. The van der Waals surface area contributed by atoms with Crippen LogP contribution in [0.25, 0.3) is 0 Å². The Morgan fingerprint density at radius 2 is 1.90 bits per heavy atom. The van der Waals surface area contributed by atoms with Crippen molar-refractivity contribution in [2.24, 2.45) is 0 Å². The van der Waals surface area contributed by atoms with Crippen LogP contribution in [-0.2, 0) is 10.9 Å². The molecular weight excluding hydrogens is 291 g/mol. The van der Waals surface area contributed by atoms with Crippen molar-refractivity contribution in [1.82, 2.24) is 9.88 Å². The number of aromatic hydroxyl groups is 2. The van der Waals surface area contributed by atoms with Crippen LogP contribution in [0, 0.1) is 11.3 Å². The molecule has 0 aliphatic carbocycles. The molecular formula is C12H14F3N3O3. The van der Waals surface area contributed by atoms with Gasteiger partial charge in [-0.3, -0.25) is 0 Å². The standard InChI is InChI=1S/C7H3F3N2O2.C5H11NO/c8-7(9,10)4-1-5(13)12-6(14)3(4)2-11;1-6-2-4-7-5-3-6/h1H,(H2,12,13,14);2-5H2,1H3. The zero-order valence-corrected chi connectivity index (χ0v) is 11.2. The number of pyridine rings is 1. The highest BCUT2D eigenvalue weighted by Gasteiger charge is 2.36. The highest BCUT2D eigenvalue weighted by molar-refractivity contribution is 5.47. The first-order chi connectivity index (χ1) is 9.75. The van der Waals surface area contributed by atoms with E-state index >= 15 is 0 Å². The number of hydrogen-bond acceptors (Lipinski definition) is 6. The van der Waals surface area contributed by atoms with Gasteiger partial charge >= 0.3 is 6.18 Å². The second-order valence-electron chi connectivity index (χ2n) is 4.25. The van der Waals surface area contributed by atoms with E-state index in [2.05, 4.69) is 16.9 Å². The summed E-state index contributed by atoms with van der Waals surface area (Å²) in [7, 11) is 2.11. The molecule has 1 fully saturated rings. The van der Waals surface area contributed by atoms with Crippen molar-refractivity contribution < 1.29 is 28.1 Å². The van der Waals surface area contributed by atoms with E-state index in [0.29, 0.717) is 0 Å². The number of rotatable bonds is 0. The summed E-state index contributed by atoms with van der Waals surface area (Å²) < 4.78 is 41.7. The summed E-state index contributed by atoms with van der Waals surface area (Å²) in [4.78, 5) is 5.17. The van der Waals surface area contributed by atoms with Crippen LogP contribution in [0.4, 0.5) is 13.2 Å². The molecule has 0 atom stereocenters. The normalized spacial score (nSPS) is 15.8. The Balaban J connectivity index is 0.000000262. The van der Waals surface area contributed by atoms with Crippen molar-refractivity contribution in [1.29, 1.82) is 5.26 Å². The van der Waals surface area contributed by atoms with Crippen LogP contribution in [0.2, 0.25) is 0 Å². The summed E-state index contributed by atoms with van der Waals surface area (Å²) in [6, 6.07) is 1.43. The average molecular weight is 305 g/mol. The van der Waals surface area contributed by atoms with Gasteiger partial charge in [-0.1, -0.05) is 0 Å². The van der Waals surface area contributed by atoms with Crippen LogP contribution in [0.5, 0.6) is 11.8 Å². The first-order valence-electron chi connectivity index (χ1n) is 5.92. The number of likely N-dealkylation sites (N-methyl/N-ethyl adjacent to an activating group) is 1. The number of morpholine rings is 1. The number of alkyl halides is 3. The molecule has 0 bridgehead atoms. The summed E-state index contributed by atoms with van der Waals surface area (Å²) in [5, 5.41) is 25.9. The van der Waals surface area contributed by atoms with E-state index in [1.807, 2.05) is 0 Å². The maximum absolute atomic E-state index is 12.2. The van der Waals surface area contributed by atoms with Gasteiger partial charge in [0.1, 0.15) is 11.6 Å². The molecule has 2 N–H and O–H groups in total. The fraction of sp³-hybridized carbons (Fsp3) is 0.500. The molecule has 1 aliphatic rings. The molecule has 0 unspecified atom stereocenters. The lowest BCUT2D eigenvalue weighted by molar-refractivity contribution is -0.138. The second kappa shape index (κ2) is 7.10. The summed E-state index contributed by atoms with van der Waals surface area (Å²) in [6.45, 7) is 4.02.